The van der Waals surface area contributed by atoms with Crippen LogP contribution in [0.15, 0.2) is 53.4 Å². The van der Waals surface area contributed by atoms with Gasteiger partial charge in [0, 0.05) is 12.1 Å². The van der Waals surface area contributed by atoms with E-state index >= 15 is 0 Å². The van der Waals surface area contributed by atoms with Crippen molar-refractivity contribution in [1.29, 1.82) is 0 Å². The highest BCUT2D eigenvalue weighted by Gasteiger charge is 2.16. The fourth-order valence-corrected chi connectivity index (χ4v) is 4.09. The number of ether oxygens (including phenoxy) is 1. The van der Waals surface area contributed by atoms with Crippen molar-refractivity contribution in [3.8, 4) is 5.75 Å². The van der Waals surface area contributed by atoms with Gasteiger partial charge < -0.3 is 10.1 Å². The van der Waals surface area contributed by atoms with E-state index in [-0.39, 0.29) is 16.9 Å². The first kappa shape index (κ1) is 20.4. The fraction of sp³-hybridized carbons (Fsp3) is 0.381. The molecule has 1 amide bonds. The lowest BCUT2D eigenvalue weighted by Gasteiger charge is -2.23. The van der Waals surface area contributed by atoms with Crippen LogP contribution in [0.1, 0.15) is 48.0 Å². The number of carbonyl (C=O) groups is 1. The summed E-state index contributed by atoms with van der Waals surface area (Å²) in [5.74, 6) is 0.493. The van der Waals surface area contributed by atoms with Crippen molar-refractivity contribution in [1.82, 2.24) is 10.0 Å². The summed E-state index contributed by atoms with van der Waals surface area (Å²) in [5, 5.41) is 2.83. The number of hydrogen-bond donors (Lipinski definition) is 2. The number of hydrogen-bond acceptors (Lipinski definition) is 4. The molecule has 2 N–H and O–H groups in total. The highest BCUT2D eigenvalue weighted by Crippen LogP contribution is 2.24. The lowest BCUT2D eigenvalue weighted by atomic mass is 9.98. The Labute approximate surface area is 166 Å². The summed E-state index contributed by atoms with van der Waals surface area (Å²) in [7, 11) is -2.25. The summed E-state index contributed by atoms with van der Waals surface area (Å²) >= 11 is 0. The van der Waals surface area contributed by atoms with Crippen molar-refractivity contribution in [2.45, 2.75) is 49.6 Å². The minimum Gasteiger partial charge on any atom is -0.490 e. The van der Waals surface area contributed by atoms with E-state index in [0.717, 1.165) is 24.2 Å². The van der Waals surface area contributed by atoms with E-state index in [1.54, 1.807) is 12.1 Å². The maximum Gasteiger partial charge on any atom is 0.251 e. The molecule has 0 spiro atoms. The normalized spacial score (nSPS) is 15.2. The zero-order valence-corrected chi connectivity index (χ0v) is 16.8. The van der Waals surface area contributed by atoms with Crippen LogP contribution in [0.4, 0.5) is 0 Å². The van der Waals surface area contributed by atoms with E-state index in [9.17, 15) is 13.2 Å². The Hall–Kier alpha value is -2.38. The van der Waals surface area contributed by atoms with Crippen LogP contribution in [-0.4, -0.2) is 27.5 Å². The standard InChI is InChI=1S/C21H26N2O4S/c1-22-28(25,26)20-12-6-8-17(14-20)21(24)23-15-16-7-5-11-19(13-16)27-18-9-3-2-4-10-18/h5-8,11-14,18,22H,2-4,9-10,15H2,1H3,(H,23,24). The molecule has 2 aromatic rings. The summed E-state index contributed by atoms with van der Waals surface area (Å²) in [6.45, 7) is 0.337. The van der Waals surface area contributed by atoms with Crippen molar-refractivity contribution in [3.63, 3.8) is 0 Å². The van der Waals surface area contributed by atoms with Crippen LogP contribution in [0.25, 0.3) is 0 Å². The molecule has 0 radical (unpaired) electrons. The largest absolute Gasteiger partial charge is 0.490 e. The molecular formula is C21H26N2O4S. The van der Waals surface area contributed by atoms with Crippen molar-refractivity contribution in [2.75, 3.05) is 7.05 Å². The number of amides is 1. The predicted octanol–water partition coefficient (Wildman–Crippen LogP) is 3.24. The SMILES string of the molecule is CNS(=O)(=O)c1cccc(C(=O)NCc2cccc(OC3CCCCC3)c2)c1. The second-order valence-electron chi connectivity index (χ2n) is 6.94. The molecule has 0 saturated heterocycles. The van der Waals surface area contributed by atoms with Crippen LogP contribution in [0.5, 0.6) is 5.75 Å². The Morgan fingerprint density at radius 3 is 2.57 bits per heavy atom. The van der Waals surface area contributed by atoms with Crippen LogP contribution in [0.3, 0.4) is 0 Å². The molecule has 7 heteroatoms. The second kappa shape index (κ2) is 9.21. The molecule has 150 valence electrons. The van der Waals surface area contributed by atoms with Gasteiger partial charge in [-0.25, -0.2) is 13.1 Å². The quantitative estimate of drug-likeness (QED) is 0.745. The van der Waals surface area contributed by atoms with Crippen molar-refractivity contribution < 1.29 is 17.9 Å². The monoisotopic (exact) mass is 402 g/mol. The summed E-state index contributed by atoms with van der Waals surface area (Å²) < 4.78 is 32.1. The molecule has 3 rings (SSSR count). The number of sulfonamides is 1. The summed E-state index contributed by atoms with van der Waals surface area (Å²) in [6.07, 6.45) is 6.16. The van der Waals surface area contributed by atoms with Crippen LogP contribution in [0.2, 0.25) is 0 Å². The lowest BCUT2D eigenvalue weighted by Crippen LogP contribution is -2.24. The molecule has 0 aliphatic heterocycles. The van der Waals surface area contributed by atoms with Gasteiger partial charge in [0.15, 0.2) is 0 Å². The minimum absolute atomic E-state index is 0.0607. The highest BCUT2D eigenvalue weighted by atomic mass is 32.2. The maximum atomic E-state index is 12.4. The molecule has 0 heterocycles. The van der Waals surface area contributed by atoms with Gasteiger partial charge in [-0.05, 0) is 68.6 Å². The third-order valence-corrected chi connectivity index (χ3v) is 6.29. The molecule has 0 unspecified atom stereocenters. The fourth-order valence-electron chi connectivity index (χ4n) is 3.31. The predicted molar refractivity (Wildman–Crippen MR) is 108 cm³/mol. The van der Waals surface area contributed by atoms with E-state index in [0.29, 0.717) is 12.1 Å². The van der Waals surface area contributed by atoms with Gasteiger partial charge in [0.25, 0.3) is 5.91 Å². The van der Waals surface area contributed by atoms with Crippen LogP contribution in [-0.2, 0) is 16.6 Å². The molecule has 28 heavy (non-hydrogen) atoms. The average Bonchev–Trinajstić information content (AvgIpc) is 2.73. The Bertz CT molecular complexity index is 922. The van der Waals surface area contributed by atoms with Crippen molar-refractivity contribution >= 4 is 15.9 Å². The Balaban J connectivity index is 1.62. The van der Waals surface area contributed by atoms with Gasteiger partial charge in [-0.2, -0.15) is 0 Å². The molecule has 1 saturated carbocycles. The summed E-state index contributed by atoms with van der Waals surface area (Å²) in [6, 6.07) is 13.7. The molecule has 0 atom stereocenters. The molecule has 6 nitrogen and oxygen atoms in total. The van der Waals surface area contributed by atoms with Crippen molar-refractivity contribution in [2.24, 2.45) is 0 Å². The third-order valence-electron chi connectivity index (χ3n) is 4.88. The van der Waals surface area contributed by atoms with Gasteiger partial charge in [0.1, 0.15) is 5.75 Å². The van der Waals surface area contributed by atoms with E-state index in [2.05, 4.69) is 10.0 Å². The molecule has 1 aliphatic carbocycles. The first-order chi connectivity index (χ1) is 13.5. The molecule has 1 fully saturated rings. The Morgan fingerprint density at radius 1 is 1.07 bits per heavy atom. The van der Waals surface area contributed by atoms with E-state index in [1.807, 2.05) is 24.3 Å². The number of nitrogens with one attached hydrogen (secondary N) is 2. The average molecular weight is 403 g/mol. The van der Waals surface area contributed by atoms with Gasteiger partial charge in [-0.1, -0.05) is 24.6 Å². The molecular weight excluding hydrogens is 376 g/mol. The van der Waals surface area contributed by atoms with E-state index < -0.39 is 10.0 Å². The number of rotatable bonds is 7. The van der Waals surface area contributed by atoms with Gasteiger partial charge >= 0.3 is 0 Å². The van der Waals surface area contributed by atoms with Gasteiger partial charge in [0.2, 0.25) is 10.0 Å². The Kier molecular flexibility index (Phi) is 6.70. The van der Waals surface area contributed by atoms with Crippen LogP contribution < -0.4 is 14.8 Å². The molecule has 0 aromatic heterocycles. The third kappa shape index (κ3) is 5.33. The molecule has 2 aromatic carbocycles. The van der Waals surface area contributed by atoms with E-state index in [1.165, 1.54) is 38.4 Å². The van der Waals surface area contributed by atoms with E-state index in [4.69, 9.17) is 4.74 Å². The Morgan fingerprint density at radius 2 is 1.82 bits per heavy atom. The van der Waals surface area contributed by atoms with Gasteiger partial charge in [-0.15, -0.1) is 0 Å². The maximum absolute atomic E-state index is 12.4. The number of benzene rings is 2. The topological polar surface area (TPSA) is 84.5 Å². The minimum atomic E-state index is -3.59. The van der Waals surface area contributed by atoms with Crippen LogP contribution in [0, 0.1) is 0 Å². The summed E-state index contributed by atoms with van der Waals surface area (Å²) in [5.41, 5.74) is 1.23. The van der Waals surface area contributed by atoms with Crippen molar-refractivity contribution in [3.05, 3.63) is 59.7 Å². The smallest absolute Gasteiger partial charge is 0.251 e. The first-order valence-electron chi connectivity index (χ1n) is 9.55. The van der Waals surface area contributed by atoms with Crippen LogP contribution >= 0.6 is 0 Å². The summed E-state index contributed by atoms with van der Waals surface area (Å²) in [4.78, 5) is 12.5. The molecule has 1 aliphatic rings. The van der Waals surface area contributed by atoms with Gasteiger partial charge in [-0.3, -0.25) is 4.79 Å². The lowest BCUT2D eigenvalue weighted by molar-refractivity contribution is 0.0950. The highest BCUT2D eigenvalue weighted by molar-refractivity contribution is 7.89. The second-order valence-corrected chi connectivity index (χ2v) is 8.83. The zero-order chi connectivity index (χ0) is 20.0. The number of carbonyl (C=O) groups excluding carboxylic acids is 1. The zero-order valence-electron chi connectivity index (χ0n) is 16.0. The van der Waals surface area contributed by atoms with Gasteiger partial charge in [0.05, 0.1) is 11.0 Å². The first-order valence-corrected chi connectivity index (χ1v) is 11.0. The molecule has 0 bridgehead atoms.